The van der Waals surface area contributed by atoms with E-state index >= 15 is 0 Å². The predicted octanol–water partition coefficient (Wildman–Crippen LogP) is -2.43. The molecule has 0 fully saturated rings. The Morgan fingerprint density at radius 2 is 2.20 bits per heavy atom. The van der Waals surface area contributed by atoms with E-state index in [1.165, 1.54) is 0 Å². The van der Waals surface area contributed by atoms with Gasteiger partial charge in [-0.2, -0.15) is 5.48 Å². The minimum absolute atomic E-state index is 0.00577. The highest BCUT2D eigenvalue weighted by Crippen LogP contribution is 1.96. The fraction of sp³-hybridized carbons (Fsp3) is 0.571. The molecule has 0 radical (unpaired) electrons. The zero-order valence-electron chi connectivity index (χ0n) is 8.18. The van der Waals surface area contributed by atoms with Crippen LogP contribution in [-0.4, -0.2) is 30.9 Å². The Morgan fingerprint density at radius 1 is 1.53 bits per heavy atom. The molecule has 86 valence electrons. The third kappa shape index (κ3) is 7.26. The zero-order chi connectivity index (χ0) is 11.7. The summed E-state index contributed by atoms with van der Waals surface area (Å²) in [7, 11) is 0. The molecule has 8 heteroatoms. The summed E-state index contributed by atoms with van der Waals surface area (Å²) in [5.41, 5.74) is 17.4. The number of nitrogens with one attached hydrogen (secondary N) is 1. The second kappa shape index (κ2) is 7.56. The van der Waals surface area contributed by atoms with Crippen molar-refractivity contribution in [3.63, 3.8) is 0 Å². The van der Waals surface area contributed by atoms with Crippen LogP contribution in [0.2, 0.25) is 0 Å². The van der Waals surface area contributed by atoms with E-state index in [1.54, 1.807) is 5.48 Å². The molecule has 0 spiro atoms. The second-order valence-electron chi connectivity index (χ2n) is 2.71. The average Bonchev–Trinajstić information content (AvgIpc) is 2.20. The smallest absolute Gasteiger partial charge is 0.348 e. The lowest BCUT2D eigenvalue weighted by Crippen LogP contribution is -2.35. The summed E-state index contributed by atoms with van der Waals surface area (Å²) in [6.07, 6.45) is 1.16. The summed E-state index contributed by atoms with van der Waals surface area (Å²) in [4.78, 5) is 28.7. The number of guanidine groups is 1. The van der Waals surface area contributed by atoms with E-state index < -0.39 is 12.0 Å². The Morgan fingerprint density at radius 3 is 2.73 bits per heavy atom. The maximum Gasteiger partial charge on any atom is 0.348 e. The fourth-order valence-electron chi connectivity index (χ4n) is 0.795. The Labute approximate surface area is 86.8 Å². The number of carbonyl (C=O) groups excluding carboxylic acids is 2. The lowest BCUT2D eigenvalue weighted by atomic mass is 10.2. The summed E-state index contributed by atoms with van der Waals surface area (Å²) in [5, 5.41) is 0. The highest BCUT2D eigenvalue weighted by atomic mass is 16.7. The Balaban J connectivity index is 3.64. The van der Waals surface area contributed by atoms with Crippen molar-refractivity contribution in [2.45, 2.75) is 18.9 Å². The monoisotopic (exact) mass is 217 g/mol. The highest BCUT2D eigenvalue weighted by Gasteiger charge is 2.14. The van der Waals surface area contributed by atoms with Gasteiger partial charge >= 0.3 is 5.97 Å². The number of hydrogen-bond acceptors (Lipinski definition) is 5. The van der Waals surface area contributed by atoms with Crippen molar-refractivity contribution in [2.24, 2.45) is 22.2 Å². The third-order valence-electron chi connectivity index (χ3n) is 1.48. The van der Waals surface area contributed by atoms with E-state index in [1.807, 2.05) is 0 Å². The summed E-state index contributed by atoms with van der Waals surface area (Å²) < 4.78 is 0. The maximum absolute atomic E-state index is 11.0. The normalized spacial score (nSPS) is 11.3. The van der Waals surface area contributed by atoms with Gasteiger partial charge in [-0.25, -0.2) is 4.79 Å². The Kier molecular flexibility index (Phi) is 6.64. The largest absolute Gasteiger partial charge is 0.370 e. The molecule has 0 bridgehead atoms. The van der Waals surface area contributed by atoms with E-state index in [-0.39, 0.29) is 12.4 Å². The van der Waals surface area contributed by atoms with Crippen molar-refractivity contribution in [2.75, 3.05) is 6.54 Å². The topological polar surface area (TPSA) is 146 Å². The molecular formula is C7H15N5O3. The molecule has 0 aromatic heterocycles. The molecule has 0 saturated heterocycles. The maximum atomic E-state index is 11.0. The summed E-state index contributed by atoms with van der Waals surface area (Å²) in [5.74, 6) is -0.708. The third-order valence-corrected chi connectivity index (χ3v) is 1.48. The first-order chi connectivity index (χ1) is 7.07. The lowest BCUT2D eigenvalue weighted by molar-refractivity contribution is -0.156. The molecule has 0 aromatic carbocycles. The van der Waals surface area contributed by atoms with Gasteiger partial charge < -0.3 is 22.0 Å². The highest BCUT2D eigenvalue weighted by molar-refractivity contribution is 5.76. The number of nitrogens with two attached hydrogens (primary N) is 3. The van der Waals surface area contributed by atoms with Gasteiger partial charge in [0.2, 0.25) is 6.41 Å². The number of rotatable bonds is 7. The van der Waals surface area contributed by atoms with Gasteiger partial charge in [0.1, 0.15) is 6.04 Å². The van der Waals surface area contributed by atoms with Crippen LogP contribution in [0.3, 0.4) is 0 Å². The van der Waals surface area contributed by atoms with Crippen LogP contribution in [0, 0.1) is 0 Å². The SMILES string of the molecule is NC(N)=NCCC[C@H](N)C(=O)ONC=O. The van der Waals surface area contributed by atoms with Gasteiger partial charge in [-0.3, -0.25) is 9.79 Å². The molecule has 0 heterocycles. The molecule has 8 nitrogen and oxygen atoms in total. The van der Waals surface area contributed by atoms with Gasteiger partial charge in [0.15, 0.2) is 5.96 Å². The fourth-order valence-corrected chi connectivity index (χ4v) is 0.795. The predicted molar refractivity (Wildman–Crippen MR) is 53.2 cm³/mol. The van der Waals surface area contributed by atoms with Crippen LogP contribution in [0.5, 0.6) is 0 Å². The van der Waals surface area contributed by atoms with Crippen LogP contribution in [0.1, 0.15) is 12.8 Å². The van der Waals surface area contributed by atoms with E-state index in [2.05, 4.69) is 9.83 Å². The number of nitrogens with zero attached hydrogens (tertiary/aromatic N) is 1. The molecule has 1 atom stereocenters. The van der Waals surface area contributed by atoms with Crippen LogP contribution < -0.4 is 22.7 Å². The molecule has 0 saturated carbocycles. The van der Waals surface area contributed by atoms with Gasteiger partial charge in [0, 0.05) is 6.54 Å². The van der Waals surface area contributed by atoms with E-state index in [0.29, 0.717) is 19.4 Å². The molecule has 1 amide bonds. The standard InChI is InChI=1S/C7H15N5O3/c8-5(6(14)15-12-4-13)2-1-3-11-7(9)10/h4-5H,1-3,8H2,(H,12,13)(H4,9,10,11)/t5-/m0/s1. The van der Waals surface area contributed by atoms with Crippen LogP contribution in [0.4, 0.5) is 0 Å². The van der Waals surface area contributed by atoms with Gasteiger partial charge in [-0.1, -0.05) is 0 Å². The van der Waals surface area contributed by atoms with Crippen molar-refractivity contribution < 1.29 is 14.4 Å². The van der Waals surface area contributed by atoms with Crippen LogP contribution in [0.25, 0.3) is 0 Å². The van der Waals surface area contributed by atoms with Crippen molar-refractivity contribution >= 4 is 18.3 Å². The Bertz CT molecular complexity index is 239. The Hall–Kier alpha value is -1.83. The summed E-state index contributed by atoms with van der Waals surface area (Å²) in [6.45, 7) is 0.393. The van der Waals surface area contributed by atoms with Crippen LogP contribution >= 0.6 is 0 Å². The van der Waals surface area contributed by atoms with Crippen molar-refractivity contribution in [1.29, 1.82) is 0 Å². The van der Waals surface area contributed by atoms with E-state index in [4.69, 9.17) is 17.2 Å². The number of hydroxylamine groups is 1. The molecule has 15 heavy (non-hydrogen) atoms. The first-order valence-corrected chi connectivity index (χ1v) is 4.28. The molecule has 0 aromatic rings. The van der Waals surface area contributed by atoms with Gasteiger partial charge in [-0.05, 0) is 12.8 Å². The summed E-state index contributed by atoms with van der Waals surface area (Å²) >= 11 is 0. The van der Waals surface area contributed by atoms with Gasteiger partial charge in [-0.15, -0.1) is 0 Å². The van der Waals surface area contributed by atoms with E-state index in [9.17, 15) is 9.59 Å². The molecule has 0 aliphatic carbocycles. The molecule has 0 unspecified atom stereocenters. The van der Waals surface area contributed by atoms with Crippen LogP contribution in [-0.2, 0) is 14.4 Å². The first kappa shape index (κ1) is 13.2. The van der Waals surface area contributed by atoms with Gasteiger partial charge in [0.25, 0.3) is 0 Å². The van der Waals surface area contributed by atoms with E-state index in [0.717, 1.165) is 0 Å². The molecule has 0 aliphatic heterocycles. The van der Waals surface area contributed by atoms with Crippen molar-refractivity contribution in [3.8, 4) is 0 Å². The number of amides is 1. The molecule has 0 rings (SSSR count). The minimum Gasteiger partial charge on any atom is -0.370 e. The first-order valence-electron chi connectivity index (χ1n) is 4.28. The quantitative estimate of drug-likeness (QED) is 0.123. The van der Waals surface area contributed by atoms with Crippen molar-refractivity contribution in [1.82, 2.24) is 5.48 Å². The molecule has 0 aliphatic rings. The summed E-state index contributed by atoms with van der Waals surface area (Å²) in [6, 6.07) is -0.799. The van der Waals surface area contributed by atoms with Crippen molar-refractivity contribution in [3.05, 3.63) is 0 Å². The molecular weight excluding hydrogens is 202 g/mol. The lowest BCUT2D eigenvalue weighted by Gasteiger charge is -2.08. The van der Waals surface area contributed by atoms with Crippen LogP contribution in [0.15, 0.2) is 4.99 Å². The second-order valence-corrected chi connectivity index (χ2v) is 2.71. The van der Waals surface area contributed by atoms with Gasteiger partial charge in [0.05, 0.1) is 0 Å². The molecule has 7 N–H and O–H groups in total. The number of aliphatic imine (C=N–C) groups is 1. The number of hydrogen-bond donors (Lipinski definition) is 4. The average molecular weight is 217 g/mol. The zero-order valence-corrected chi connectivity index (χ0v) is 8.18. The minimum atomic E-state index is -0.799. The number of carbonyl (C=O) groups is 2.